The second kappa shape index (κ2) is 8.08. The van der Waals surface area contributed by atoms with Gasteiger partial charge in [0.1, 0.15) is 5.82 Å². The van der Waals surface area contributed by atoms with E-state index in [1.807, 2.05) is 0 Å². The van der Waals surface area contributed by atoms with Gasteiger partial charge in [0.15, 0.2) is 9.84 Å². The summed E-state index contributed by atoms with van der Waals surface area (Å²) in [4.78, 5) is 16.7. The molecule has 0 unspecified atom stereocenters. The Morgan fingerprint density at radius 2 is 1.82 bits per heavy atom. The van der Waals surface area contributed by atoms with Gasteiger partial charge in [-0.25, -0.2) is 12.8 Å². The molecular weight excluding hydrogens is 403 g/mol. The number of sulfone groups is 1. The number of hydrogen-bond acceptors (Lipinski definition) is 4. The average Bonchev–Trinajstić information content (AvgIpc) is 2.67. The zero-order chi connectivity index (χ0) is 20.3. The van der Waals surface area contributed by atoms with Crippen LogP contribution in [0.25, 0.3) is 11.3 Å². The summed E-state index contributed by atoms with van der Waals surface area (Å²) in [7, 11) is -3.35. The molecule has 0 aliphatic heterocycles. The van der Waals surface area contributed by atoms with Gasteiger partial charge < -0.3 is 5.32 Å². The van der Waals surface area contributed by atoms with Crippen LogP contribution in [0.4, 0.5) is 4.39 Å². The van der Waals surface area contributed by atoms with Gasteiger partial charge >= 0.3 is 0 Å². The molecule has 0 bridgehead atoms. The summed E-state index contributed by atoms with van der Waals surface area (Å²) in [5.74, 6) is -0.676. The van der Waals surface area contributed by atoms with Crippen molar-refractivity contribution in [1.82, 2.24) is 10.3 Å². The number of benzene rings is 2. The molecule has 1 aromatic heterocycles. The Labute approximate surface area is 167 Å². The van der Waals surface area contributed by atoms with Crippen molar-refractivity contribution in [1.29, 1.82) is 0 Å². The first-order chi connectivity index (χ1) is 13.2. The molecule has 0 saturated carbocycles. The molecule has 0 fully saturated rings. The molecule has 0 saturated heterocycles. The molecule has 3 rings (SSSR count). The second-order valence-electron chi connectivity index (χ2n) is 6.15. The molecule has 3 aromatic rings. The molecule has 1 amide bonds. The molecule has 0 atom stereocenters. The highest BCUT2D eigenvalue weighted by Gasteiger charge is 2.12. The maximum absolute atomic E-state index is 13.0. The van der Waals surface area contributed by atoms with Gasteiger partial charge in [-0.2, -0.15) is 0 Å². The van der Waals surface area contributed by atoms with Crippen molar-refractivity contribution in [2.45, 2.75) is 11.4 Å². The fourth-order valence-corrected chi connectivity index (χ4v) is 3.46. The van der Waals surface area contributed by atoms with Gasteiger partial charge in [0, 0.05) is 29.6 Å². The Balaban J connectivity index is 1.67. The highest BCUT2D eigenvalue weighted by Crippen LogP contribution is 2.21. The lowest BCUT2D eigenvalue weighted by Crippen LogP contribution is -2.23. The van der Waals surface area contributed by atoms with Crippen molar-refractivity contribution < 1.29 is 17.6 Å². The van der Waals surface area contributed by atoms with Crippen LogP contribution in [0.15, 0.2) is 65.7 Å². The summed E-state index contributed by atoms with van der Waals surface area (Å²) >= 11 is 6.11. The van der Waals surface area contributed by atoms with Gasteiger partial charge in [0.25, 0.3) is 5.91 Å². The van der Waals surface area contributed by atoms with E-state index >= 15 is 0 Å². The number of amides is 1. The molecule has 1 heterocycles. The predicted molar refractivity (Wildman–Crippen MR) is 105 cm³/mol. The maximum Gasteiger partial charge on any atom is 0.253 e. The summed E-state index contributed by atoms with van der Waals surface area (Å²) in [6.45, 7) is 0.140. The fourth-order valence-electron chi connectivity index (χ4n) is 2.50. The monoisotopic (exact) mass is 418 g/mol. The van der Waals surface area contributed by atoms with Gasteiger partial charge in [-0.1, -0.05) is 17.7 Å². The van der Waals surface area contributed by atoms with Crippen LogP contribution in [0.2, 0.25) is 5.02 Å². The van der Waals surface area contributed by atoms with Crippen molar-refractivity contribution in [3.8, 4) is 11.3 Å². The number of carbonyl (C=O) groups excluding carboxylic acids is 1. The lowest BCUT2D eigenvalue weighted by molar-refractivity contribution is 0.0950. The molecule has 0 radical (unpaired) electrons. The van der Waals surface area contributed by atoms with Gasteiger partial charge in [-0.05, 0) is 54.1 Å². The Bertz CT molecular complexity index is 1120. The van der Waals surface area contributed by atoms with Crippen molar-refractivity contribution in [3.63, 3.8) is 0 Å². The molecule has 144 valence electrons. The van der Waals surface area contributed by atoms with Gasteiger partial charge in [-0.15, -0.1) is 0 Å². The first-order valence-electron chi connectivity index (χ1n) is 8.23. The Morgan fingerprint density at radius 1 is 1.11 bits per heavy atom. The van der Waals surface area contributed by atoms with Crippen molar-refractivity contribution in [3.05, 3.63) is 82.8 Å². The third kappa shape index (κ3) is 4.74. The van der Waals surface area contributed by atoms with E-state index in [0.717, 1.165) is 11.8 Å². The van der Waals surface area contributed by atoms with Crippen molar-refractivity contribution >= 4 is 27.3 Å². The summed E-state index contributed by atoms with van der Waals surface area (Å²) in [6, 6.07) is 13.6. The first-order valence-corrected chi connectivity index (χ1v) is 10.5. The van der Waals surface area contributed by atoms with E-state index in [-0.39, 0.29) is 28.2 Å². The number of nitrogens with zero attached hydrogens (tertiary/aromatic N) is 1. The van der Waals surface area contributed by atoms with Gasteiger partial charge in [-0.3, -0.25) is 9.78 Å². The standard InChI is InChI=1S/C20H16ClFN2O3S/c1-28(26,27)17-8-4-14(18(21)10-17)11-24-20(25)15-5-9-19(23-12-15)13-2-6-16(22)7-3-13/h2-10,12H,11H2,1H3,(H,24,25). The highest BCUT2D eigenvalue weighted by atomic mass is 35.5. The quantitative estimate of drug-likeness (QED) is 0.682. The molecule has 0 aliphatic carbocycles. The van der Waals surface area contributed by atoms with Gasteiger partial charge in [0.05, 0.1) is 16.2 Å². The lowest BCUT2D eigenvalue weighted by atomic mass is 10.1. The lowest BCUT2D eigenvalue weighted by Gasteiger charge is -2.09. The molecular formula is C20H16ClFN2O3S. The van der Waals surface area contributed by atoms with E-state index in [2.05, 4.69) is 10.3 Å². The van der Waals surface area contributed by atoms with E-state index in [1.54, 1.807) is 30.3 Å². The minimum Gasteiger partial charge on any atom is -0.348 e. The Hall–Kier alpha value is -2.77. The average molecular weight is 419 g/mol. The SMILES string of the molecule is CS(=O)(=O)c1ccc(CNC(=O)c2ccc(-c3ccc(F)cc3)nc2)c(Cl)c1. The van der Waals surface area contributed by atoms with Crippen LogP contribution in [-0.4, -0.2) is 25.6 Å². The molecule has 28 heavy (non-hydrogen) atoms. The molecule has 2 aromatic carbocycles. The van der Waals surface area contributed by atoms with Crippen LogP contribution in [0.5, 0.6) is 0 Å². The fraction of sp³-hybridized carbons (Fsp3) is 0.100. The molecule has 8 heteroatoms. The Morgan fingerprint density at radius 3 is 2.39 bits per heavy atom. The molecule has 0 aliphatic rings. The summed E-state index contributed by atoms with van der Waals surface area (Å²) in [5.41, 5.74) is 2.31. The van der Waals surface area contributed by atoms with Crippen LogP contribution >= 0.6 is 11.6 Å². The normalized spacial score (nSPS) is 11.2. The third-order valence-electron chi connectivity index (χ3n) is 4.06. The van der Waals surface area contributed by atoms with Crippen LogP contribution in [-0.2, 0) is 16.4 Å². The molecule has 5 nitrogen and oxygen atoms in total. The zero-order valence-electron chi connectivity index (χ0n) is 14.8. The Kier molecular flexibility index (Phi) is 5.76. The minimum atomic E-state index is -3.35. The van der Waals surface area contributed by atoms with Crippen molar-refractivity contribution in [2.24, 2.45) is 0 Å². The van der Waals surface area contributed by atoms with Gasteiger partial charge in [0.2, 0.25) is 0 Å². The summed E-state index contributed by atoms with van der Waals surface area (Å²) < 4.78 is 36.1. The summed E-state index contributed by atoms with van der Waals surface area (Å²) in [6.07, 6.45) is 2.53. The molecule has 0 spiro atoms. The smallest absolute Gasteiger partial charge is 0.253 e. The van der Waals surface area contributed by atoms with Crippen LogP contribution < -0.4 is 5.32 Å². The second-order valence-corrected chi connectivity index (χ2v) is 8.57. The van der Waals surface area contributed by atoms with Crippen molar-refractivity contribution in [2.75, 3.05) is 6.26 Å². The number of aromatic nitrogens is 1. The number of rotatable bonds is 5. The van der Waals surface area contributed by atoms with E-state index in [9.17, 15) is 17.6 Å². The van der Waals surface area contributed by atoms with Crippen LogP contribution in [0.3, 0.4) is 0 Å². The number of halogens is 2. The third-order valence-corrected chi connectivity index (χ3v) is 5.52. The van der Waals surface area contributed by atoms with E-state index in [0.29, 0.717) is 16.8 Å². The minimum absolute atomic E-state index is 0.119. The van der Waals surface area contributed by atoms with Crippen LogP contribution in [0, 0.1) is 5.82 Å². The predicted octanol–water partition coefficient (Wildman–Crippen LogP) is 3.87. The molecule has 1 N–H and O–H groups in total. The van der Waals surface area contributed by atoms with Crippen LogP contribution in [0.1, 0.15) is 15.9 Å². The largest absolute Gasteiger partial charge is 0.348 e. The highest BCUT2D eigenvalue weighted by molar-refractivity contribution is 7.90. The summed E-state index contributed by atoms with van der Waals surface area (Å²) in [5, 5.41) is 2.98. The number of nitrogens with one attached hydrogen (secondary N) is 1. The number of carbonyl (C=O) groups is 1. The van der Waals surface area contributed by atoms with E-state index < -0.39 is 9.84 Å². The number of hydrogen-bond donors (Lipinski definition) is 1. The maximum atomic E-state index is 13.0. The topological polar surface area (TPSA) is 76.1 Å². The first kappa shape index (κ1) is 20.0. The van der Waals surface area contributed by atoms with E-state index in [4.69, 9.17) is 11.6 Å². The van der Waals surface area contributed by atoms with E-state index in [1.165, 1.54) is 30.5 Å². The zero-order valence-corrected chi connectivity index (χ0v) is 16.4. The number of pyridine rings is 1.